The van der Waals surface area contributed by atoms with E-state index in [-0.39, 0.29) is 17.6 Å². The van der Waals surface area contributed by atoms with Crippen LogP contribution in [0.15, 0.2) is 47.3 Å². The number of amides is 1. The molecular formula is C21H22Cl2N4O2. The third kappa shape index (κ3) is 4.50. The Hall–Kier alpha value is -2.28. The predicted molar refractivity (Wildman–Crippen MR) is 116 cm³/mol. The molecule has 8 heteroatoms. The van der Waals surface area contributed by atoms with Gasteiger partial charge in [0.15, 0.2) is 0 Å². The zero-order valence-electron chi connectivity index (χ0n) is 15.8. The molecule has 0 bridgehead atoms. The van der Waals surface area contributed by atoms with Crippen LogP contribution in [0.3, 0.4) is 0 Å². The number of benzene rings is 2. The number of likely N-dealkylation sites (tertiary alicyclic amines) is 1. The van der Waals surface area contributed by atoms with E-state index in [2.05, 4.69) is 15.2 Å². The predicted octanol–water partition coefficient (Wildman–Crippen LogP) is 3.70. The van der Waals surface area contributed by atoms with E-state index in [1.54, 1.807) is 30.3 Å². The van der Waals surface area contributed by atoms with E-state index >= 15 is 0 Å². The van der Waals surface area contributed by atoms with Gasteiger partial charge in [0.25, 0.3) is 5.91 Å². The number of imidazole rings is 1. The van der Waals surface area contributed by atoms with Gasteiger partial charge in [-0.2, -0.15) is 0 Å². The molecule has 152 valence electrons. The number of aromatic nitrogens is 2. The number of fused-ring (bicyclic) bond motifs is 1. The van der Waals surface area contributed by atoms with Crippen molar-refractivity contribution in [1.29, 1.82) is 0 Å². The van der Waals surface area contributed by atoms with E-state index < -0.39 is 0 Å². The van der Waals surface area contributed by atoms with Crippen molar-refractivity contribution in [3.05, 3.63) is 68.6 Å². The number of piperidine rings is 1. The summed E-state index contributed by atoms with van der Waals surface area (Å²) in [6.07, 6.45) is 1.78. The fourth-order valence-electron chi connectivity index (χ4n) is 3.90. The van der Waals surface area contributed by atoms with Gasteiger partial charge in [-0.25, -0.2) is 4.79 Å². The van der Waals surface area contributed by atoms with Crippen LogP contribution in [0.5, 0.6) is 0 Å². The first-order valence-corrected chi connectivity index (χ1v) is 10.4. The van der Waals surface area contributed by atoms with Gasteiger partial charge in [0.2, 0.25) is 0 Å². The minimum atomic E-state index is -0.0967. The molecule has 29 heavy (non-hydrogen) atoms. The minimum absolute atomic E-state index is 0.0871. The van der Waals surface area contributed by atoms with Gasteiger partial charge in [-0.1, -0.05) is 23.2 Å². The molecule has 1 aliphatic rings. The quantitative estimate of drug-likeness (QED) is 0.645. The molecule has 0 radical (unpaired) electrons. The normalized spacial score (nSPS) is 15.7. The van der Waals surface area contributed by atoms with Crippen molar-refractivity contribution in [3.63, 3.8) is 0 Å². The van der Waals surface area contributed by atoms with Crippen molar-refractivity contribution in [2.24, 2.45) is 0 Å². The smallest absolute Gasteiger partial charge is 0.326 e. The van der Waals surface area contributed by atoms with Crippen LogP contribution in [0.1, 0.15) is 29.2 Å². The molecule has 1 aromatic heterocycles. The highest BCUT2D eigenvalue weighted by molar-refractivity contribution is 6.31. The number of H-pyrrole nitrogens is 1. The summed E-state index contributed by atoms with van der Waals surface area (Å²) < 4.78 is 1.85. The molecule has 1 saturated heterocycles. The summed E-state index contributed by atoms with van der Waals surface area (Å²) in [5.74, 6) is -0.0967. The maximum Gasteiger partial charge on any atom is 0.326 e. The second-order valence-electron chi connectivity index (χ2n) is 7.30. The summed E-state index contributed by atoms with van der Waals surface area (Å²) in [4.78, 5) is 29.8. The largest absolute Gasteiger partial charge is 0.351 e. The van der Waals surface area contributed by atoms with Crippen molar-refractivity contribution in [2.75, 3.05) is 26.2 Å². The summed E-state index contributed by atoms with van der Waals surface area (Å²) in [6.45, 7) is 3.13. The molecule has 1 fully saturated rings. The molecule has 1 aliphatic heterocycles. The Morgan fingerprint density at radius 3 is 2.48 bits per heavy atom. The molecular weight excluding hydrogens is 411 g/mol. The Labute approximate surface area is 178 Å². The first-order chi connectivity index (χ1) is 14.0. The average Bonchev–Trinajstić information content (AvgIpc) is 3.03. The van der Waals surface area contributed by atoms with Crippen LogP contribution in [0.4, 0.5) is 0 Å². The number of nitrogens with zero attached hydrogens (tertiary/aromatic N) is 2. The third-order valence-corrected chi connectivity index (χ3v) is 5.91. The lowest BCUT2D eigenvalue weighted by molar-refractivity contribution is 0.0944. The fraction of sp³-hybridized carbons (Fsp3) is 0.333. The topological polar surface area (TPSA) is 70.1 Å². The first kappa shape index (κ1) is 20.0. The molecule has 6 nitrogen and oxygen atoms in total. The Morgan fingerprint density at radius 2 is 1.76 bits per heavy atom. The van der Waals surface area contributed by atoms with E-state index in [1.165, 1.54) is 0 Å². The molecule has 3 aromatic rings. The zero-order valence-corrected chi connectivity index (χ0v) is 17.3. The number of carbonyl (C=O) groups is 1. The standard InChI is InChI=1S/C21H22Cl2N4O2/c22-15-3-1-14(2-4-15)20(28)24-9-12-26-10-7-17(8-11-26)27-19-6-5-16(23)13-18(19)25-21(27)29/h1-6,13,17H,7-12H2,(H,24,28)(H,25,29). The van der Waals surface area contributed by atoms with E-state index in [1.807, 2.05) is 16.7 Å². The van der Waals surface area contributed by atoms with Gasteiger partial charge in [0.05, 0.1) is 11.0 Å². The van der Waals surface area contributed by atoms with Crippen LogP contribution in [-0.4, -0.2) is 46.5 Å². The van der Waals surface area contributed by atoms with Crippen LogP contribution in [-0.2, 0) is 0 Å². The monoisotopic (exact) mass is 432 g/mol. The summed E-state index contributed by atoms with van der Waals surface area (Å²) in [7, 11) is 0. The van der Waals surface area contributed by atoms with Crippen molar-refractivity contribution in [2.45, 2.75) is 18.9 Å². The lowest BCUT2D eigenvalue weighted by Gasteiger charge is -2.32. The highest BCUT2D eigenvalue weighted by atomic mass is 35.5. The lowest BCUT2D eigenvalue weighted by atomic mass is 10.0. The van der Waals surface area contributed by atoms with E-state index in [0.29, 0.717) is 22.2 Å². The number of hydrogen-bond acceptors (Lipinski definition) is 3. The molecule has 0 atom stereocenters. The van der Waals surface area contributed by atoms with Crippen LogP contribution >= 0.6 is 23.2 Å². The van der Waals surface area contributed by atoms with Gasteiger partial charge in [-0.15, -0.1) is 0 Å². The third-order valence-electron chi connectivity index (χ3n) is 5.42. The number of aromatic amines is 1. The van der Waals surface area contributed by atoms with Crippen molar-refractivity contribution < 1.29 is 4.79 Å². The maximum atomic E-state index is 12.4. The number of nitrogens with one attached hydrogen (secondary N) is 2. The van der Waals surface area contributed by atoms with Gasteiger partial charge >= 0.3 is 5.69 Å². The van der Waals surface area contributed by atoms with Gasteiger partial charge in [0, 0.05) is 47.8 Å². The van der Waals surface area contributed by atoms with Crippen LogP contribution in [0, 0.1) is 0 Å². The van der Waals surface area contributed by atoms with E-state index in [0.717, 1.165) is 43.5 Å². The number of halogens is 2. The number of hydrogen-bond donors (Lipinski definition) is 2. The van der Waals surface area contributed by atoms with Crippen LogP contribution in [0.25, 0.3) is 11.0 Å². The maximum absolute atomic E-state index is 12.4. The second kappa shape index (κ2) is 8.61. The summed E-state index contributed by atoms with van der Waals surface area (Å²) >= 11 is 11.9. The molecule has 2 N–H and O–H groups in total. The SMILES string of the molecule is O=C(NCCN1CCC(n2c(=O)[nH]c3cc(Cl)ccc32)CC1)c1ccc(Cl)cc1. The second-order valence-corrected chi connectivity index (χ2v) is 8.17. The molecule has 0 saturated carbocycles. The number of carbonyl (C=O) groups excluding carboxylic acids is 1. The molecule has 2 heterocycles. The molecule has 1 amide bonds. The Bertz CT molecular complexity index is 1070. The summed E-state index contributed by atoms with van der Waals surface area (Å²) in [6, 6.07) is 12.5. The lowest BCUT2D eigenvalue weighted by Crippen LogP contribution is -2.41. The Kier molecular flexibility index (Phi) is 5.94. The highest BCUT2D eigenvalue weighted by Gasteiger charge is 2.23. The average molecular weight is 433 g/mol. The Morgan fingerprint density at radius 1 is 1.07 bits per heavy atom. The molecule has 0 aliphatic carbocycles. The van der Waals surface area contributed by atoms with Crippen LogP contribution in [0.2, 0.25) is 10.0 Å². The molecule has 0 unspecified atom stereocenters. The Balaban J connectivity index is 1.30. The first-order valence-electron chi connectivity index (χ1n) is 9.67. The highest BCUT2D eigenvalue weighted by Crippen LogP contribution is 2.26. The number of rotatable bonds is 5. The van der Waals surface area contributed by atoms with Crippen LogP contribution < -0.4 is 11.0 Å². The summed E-state index contributed by atoms with van der Waals surface area (Å²) in [5, 5.41) is 4.17. The zero-order chi connectivity index (χ0) is 20.4. The molecule has 4 rings (SSSR count). The van der Waals surface area contributed by atoms with Crippen molar-refractivity contribution in [1.82, 2.24) is 19.8 Å². The fourth-order valence-corrected chi connectivity index (χ4v) is 4.20. The van der Waals surface area contributed by atoms with Gasteiger partial charge in [0.1, 0.15) is 0 Å². The van der Waals surface area contributed by atoms with E-state index in [9.17, 15) is 9.59 Å². The molecule has 2 aromatic carbocycles. The van der Waals surface area contributed by atoms with Crippen molar-refractivity contribution >= 4 is 40.1 Å². The molecule has 0 spiro atoms. The minimum Gasteiger partial charge on any atom is -0.351 e. The van der Waals surface area contributed by atoms with Gasteiger partial charge in [-0.3, -0.25) is 9.36 Å². The van der Waals surface area contributed by atoms with Crippen molar-refractivity contribution in [3.8, 4) is 0 Å². The van der Waals surface area contributed by atoms with E-state index in [4.69, 9.17) is 23.2 Å². The van der Waals surface area contributed by atoms with Gasteiger partial charge in [-0.05, 0) is 55.3 Å². The van der Waals surface area contributed by atoms with Gasteiger partial charge < -0.3 is 15.2 Å². The summed E-state index contributed by atoms with van der Waals surface area (Å²) in [5.41, 5.74) is 2.19.